The van der Waals surface area contributed by atoms with Crippen LogP contribution in [-0.4, -0.2) is 56.3 Å². The third-order valence-corrected chi connectivity index (χ3v) is 4.92. The first-order valence-corrected chi connectivity index (χ1v) is 9.46. The largest absolute Gasteiger partial charge is 0.371 e. The van der Waals surface area contributed by atoms with Crippen LogP contribution in [0, 0.1) is 0 Å². The number of aromatic nitrogens is 5. The lowest BCUT2D eigenvalue weighted by atomic mass is 10.1. The summed E-state index contributed by atoms with van der Waals surface area (Å²) in [5, 5.41) is 10.3. The predicted molar refractivity (Wildman–Crippen MR) is 102 cm³/mol. The Morgan fingerprint density at radius 3 is 2.89 bits per heavy atom. The molecule has 146 valence electrons. The van der Waals surface area contributed by atoms with E-state index in [1.165, 1.54) is 30.4 Å². The molecule has 9 nitrogen and oxygen atoms in total. The summed E-state index contributed by atoms with van der Waals surface area (Å²) in [7, 11) is 1.83. The SMILES string of the molecule is CN(Cc1ccccc1N1CCCC1)C(=O)CCc1nc(-c2ncn[nH]2)no1. The Balaban J connectivity index is 1.34. The van der Waals surface area contributed by atoms with E-state index < -0.39 is 0 Å². The number of hydrogen-bond donors (Lipinski definition) is 1. The molecule has 1 aromatic carbocycles. The first kappa shape index (κ1) is 18.1. The molecule has 1 saturated heterocycles. The Labute approximate surface area is 162 Å². The molecule has 1 aliphatic heterocycles. The van der Waals surface area contributed by atoms with Crippen LogP contribution in [-0.2, 0) is 17.8 Å². The van der Waals surface area contributed by atoms with Crippen LogP contribution in [0.5, 0.6) is 0 Å². The van der Waals surface area contributed by atoms with Crippen molar-refractivity contribution in [2.45, 2.75) is 32.2 Å². The summed E-state index contributed by atoms with van der Waals surface area (Å²) in [4.78, 5) is 25.0. The summed E-state index contributed by atoms with van der Waals surface area (Å²) in [5.41, 5.74) is 2.40. The van der Waals surface area contributed by atoms with E-state index in [4.69, 9.17) is 4.52 Å². The van der Waals surface area contributed by atoms with E-state index in [9.17, 15) is 4.79 Å². The molecule has 3 heterocycles. The van der Waals surface area contributed by atoms with Crippen LogP contribution in [0.2, 0.25) is 0 Å². The van der Waals surface area contributed by atoms with Gasteiger partial charge < -0.3 is 14.3 Å². The standard InChI is InChI=1S/C19H23N7O2/c1-25(12-14-6-2-3-7-15(14)26-10-4-5-11-26)17(27)9-8-16-22-19(24-28-16)18-20-13-21-23-18/h2-3,6-7,13H,4-5,8-12H2,1H3,(H,20,21,23). The van der Waals surface area contributed by atoms with Gasteiger partial charge in [0.1, 0.15) is 6.33 Å². The molecule has 0 saturated carbocycles. The zero-order valence-electron chi connectivity index (χ0n) is 15.8. The molecule has 1 fully saturated rings. The Hall–Kier alpha value is -3.23. The third-order valence-electron chi connectivity index (χ3n) is 4.92. The lowest BCUT2D eigenvalue weighted by molar-refractivity contribution is -0.130. The summed E-state index contributed by atoms with van der Waals surface area (Å²) in [5.74, 6) is 1.23. The Bertz CT molecular complexity index is 916. The molecule has 1 N–H and O–H groups in total. The molecule has 0 atom stereocenters. The van der Waals surface area contributed by atoms with Crippen LogP contribution in [0.15, 0.2) is 35.1 Å². The van der Waals surface area contributed by atoms with Crippen molar-refractivity contribution < 1.29 is 9.32 Å². The van der Waals surface area contributed by atoms with Gasteiger partial charge in [-0.15, -0.1) is 0 Å². The lowest BCUT2D eigenvalue weighted by Crippen LogP contribution is -2.28. The fraction of sp³-hybridized carbons (Fsp3) is 0.421. The van der Waals surface area contributed by atoms with Gasteiger partial charge in [-0.2, -0.15) is 10.1 Å². The molecular formula is C19H23N7O2. The van der Waals surface area contributed by atoms with E-state index in [1.807, 2.05) is 13.1 Å². The summed E-state index contributed by atoms with van der Waals surface area (Å²) in [6.45, 7) is 2.75. The van der Waals surface area contributed by atoms with E-state index in [0.29, 0.717) is 36.9 Å². The first-order chi connectivity index (χ1) is 13.7. The van der Waals surface area contributed by atoms with E-state index in [2.05, 4.69) is 48.4 Å². The highest BCUT2D eigenvalue weighted by atomic mass is 16.5. The highest BCUT2D eigenvalue weighted by molar-refractivity contribution is 5.76. The lowest BCUT2D eigenvalue weighted by Gasteiger charge is -2.24. The van der Waals surface area contributed by atoms with E-state index in [1.54, 1.807) is 4.90 Å². The number of para-hydroxylation sites is 1. The van der Waals surface area contributed by atoms with E-state index >= 15 is 0 Å². The smallest absolute Gasteiger partial charge is 0.239 e. The fourth-order valence-corrected chi connectivity index (χ4v) is 3.43. The topological polar surface area (TPSA) is 104 Å². The number of amides is 1. The number of nitrogens with zero attached hydrogens (tertiary/aromatic N) is 6. The van der Waals surface area contributed by atoms with Gasteiger partial charge in [-0.3, -0.25) is 9.89 Å². The second kappa shape index (κ2) is 8.20. The Morgan fingerprint density at radius 1 is 1.29 bits per heavy atom. The minimum atomic E-state index is 0.0376. The molecule has 0 bridgehead atoms. The first-order valence-electron chi connectivity index (χ1n) is 9.46. The van der Waals surface area contributed by atoms with Gasteiger partial charge in [-0.05, 0) is 24.5 Å². The molecule has 0 spiro atoms. The van der Waals surface area contributed by atoms with Crippen molar-refractivity contribution in [2.24, 2.45) is 0 Å². The number of anilines is 1. The number of hydrogen-bond acceptors (Lipinski definition) is 7. The molecule has 9 heteroatoms. The number of carbonyl (C=O) groups is 1. The zero-order valence-corrected chi connectivity index (χ0v) is 15.8. The van der Waals surface area contributed by atoms with Crippen molar-refractivity contribution in [3.63, 3.8) is 0 Å². The molecule has 3 aromatic rings. The predicted octanol–water partition coefficient (Wildman–Crippen LogP) is 2.05. The zero-order chi connectivity index (χ0) is 19.3. The Morgan fingerprint density at radius 2 is 2.11 bits per heavy atom. The molecule has 0 radical (unpaired) electrons. The number of aromatic amines is 1. The molecule has 4 rings (SSSR count). The van der Waals surface area contributed by atoms with E-state index in [-0.39, 0.29) is 5.91 Å². The van der Waals surface area contributed by atoms with Gasteiger partial charge in [-0.25, -0.2) is 4.98 Å². The third kappa shape index (κ3) is 4.03. The maximum Gasteiger partial charge on any atom is 0.239 e. The maximum absolute atomic E-state index is 12.6. The van der Waals surface area contributed by atoms with Crippen molar-refractivity contribution in [3.8, 4) is 11.6 Å². The highest BCUT2D eigenvalue weighted by Crippen LogP contribution is 2.25. The van der Waals surface area contributed by atoms with Crippen molar-refractivity contribution in [1.29, 1.82) is 0 Å². The van der Waals surface area contributed by atoms with Crippen molar-refractivity contribution in [1.82, 2.24) is 30.2 Å². The van der Waals surface area contributed by atoms with E-state index in [0.717, 1.165) is 13.1 Å². The van der Waals surface area contributed by atoms with Gasteiger partial charge in [-0.1, -0.05) is 23.4 Å². The molecule has 2 aromatic heterocycles. The van der Waals surface area contributed by atoms with Crippen LogP contribution >= 0.6 is 0 Å². The average Bonchev–Trinajstić information content (AvgIpc) is 3.48. The average molecular weight is 381 g/mol. The quantitative estimate of drug-likeness (QED) is 0.668. The van der Waals surface area contributed by atoms with Gasteiger partial charge >= 0.3 is 0 Å². The van der Waals surface area contributed by atoms with Crippen molar-refractivity contribution in [3.05, 3.63) is 42.0 Å². The molecule has 0 aliphatic carbocycles. The minimum Gasteiger partial charge on any atom is -0.371 e. The maximum atomic E-state index is 12.6. The molecule has 1 aliphatic rings. The van der Waals surface area contributed by atoms with Crippen LogP contribution in [0.4, 0.5) is 5.69 Å². The molecule has 1 amide bonds. The van der Waals surface area contributed by atoms with Gasteiger partial charge in [0.05, 0.1) is 0 Å². The van der Waals surface area contributed by atoms with Crippen LogP contribution in [0.1, 0.15) is 30.7 Å². The summed E-state index contributed by atoms with van der Waals surface area (Å²) < 4.78 is 5.20. The number of nitrogens with one attached hydrogen (secondary N) is 1. The number of carbonyl (C=O) groups excluding carboxylic acids is 1. The second-order valence-electron chi connectivity index (χ2n) is 6.92. The van der Waals surface area contributed by atoms with Gasteiger partial charge in [0.15, 0.2) is 5.82 Å². The summed E-state index contributed by atoms with van der Waals surface area (Å²) in [6, 6.07) is 8.32. The van der Waals surface area contributed by atoms with Crippen LogP contribution in [0.25, 0.3) is 11.6 Å². The van der Waals surface area contributed by atoms with Gasteiger partial charge in [0, 0.05) is 45.2 Å². The summed E-state index contributed by atoms with van der Waals surface area (Å²) in [6.07, 6.45) is 4.52. The Kier molecular flexibility index (Phi) is 5.31. The van der Waals surface area contributed by atoms with Gasteiger partial charge in [0.25, 0.3) is 0 Å². The van der Waals surface area contributed by atoms with Crippen LogP contribution < -0.4 is 4.90 Å². The monoisotopic (exact) mass is 381 g/mol. The summed E-state index contributed by atoms with van der Waals surface area (Å²) >= 11 is 0. The normalized spacial score (nSPS) is 13.8. The number of benzene rings is 1. The van der Waals surface area contributed by atoms with Crippen molar-refractivity contribution in [2.75, 3.05) is 25.0 Å². The highest BCUT2D eigenvalue weighted by Gasteiger charge is 2.18. The fourth-order valence-electron chi connectivity index (χ4n) is 3.43. The van der Waals surface area contributed by atoms with Gasteiger partial charge in [0.2, 0.25) is 17.6 Å². The van der Waals surface area contributed by atoms with Crippen LogP contribution in [0.3, 0.4) is 0 Å². The number of rotatable bonds is 7. The number of aryl methyl sites for hydroxylation is 1. The number of H-pyrrole nitrogens is 1. The molecular weight excluding hydrogens is 358 g/mol. The minimum absolute atomic E-state index is 0.0376. The molecule has 28 heavy (non-hydrogen) atoms. The molecule has 0 unspecified atom stereocenters. The second-order valence-corrected chi connectivity index (χ2v) is 6.92. The van der Waals surface area contributed by atoms with Crippen molar-refractivity contribution >= 4 is 11.6 Å².